The van der Waals surface area contributed by atoms with Crippen LogP contribution in [-0.4, -0.2) is 18.5 Å². The number of nitrogens with two attached hydrogens (primary N) is 1. The highest BCUT2D eigenvalue weighted by molar-refractivity contribution is 5.75. The van der Waals surface area contributed by atoms with Crippen LogP contribution in [0, 0.1) is 17.2 Å². The molecule has 14 heavy (non-hydrogen) atoms. The lowest BCUT2D eigenvalue weighted by atomic mass is 10.1. The fourth-order valence-corrected chi connectivity index (χ4v) is 0.986. The summed E-state index contributed by atoms with van der Waals surface area (Å²) in [5, 5.41) is 11.2. The molecule has 0 saturated heterocycles. The van der Waals surface area contributed by atoms with E-state index in [2.05, 4.69) is 11.4 Å². The number of carbonyl (C=O) groups is 1. The van der Waals surface area contributed by atoms with Gasteiger partial charge in [-0.3, -0.25) is 4.79 Å². The van der Waals surface area contributed by atoms with E-state index in [9.17, 15) is 4.79 Å². The van der Waals surface area contributed by atoms with E-state index in [1.165, 1.54) is 0 Å². The zero-order chi connectivity index (χ0) is 11.0. The maximum absolute atomic E-state index is 11.2. The number of nitrogens with zero attached hydrogens (tertiary/aromatic N) is 1. The van der Waals surface area contributed by atoms with Gasteiger partial charge in [0.1, 0.15) is 0 Å². The van der Waals surface area contributed by atoms with Crippen molar-refractivity contribution in [3.05, 3.63) is 0 Å². The van der Waals surface area contributed by atoms with Crippen molar-refractivity contribution in [3.8, 4) is 6.07 Å². The van der Waals surface area contributed by atoms with E-state index < -0.39 is 0 Å². The van der Waals surface area contributed by atoms with Gasteiger partial charge >= 0.3 is 0 Å². The molecular weight excluding hydrogens is 178 g/mol. The second-order valence-electron chi connectivity index (χ2n) is 3.70. The fourth-order valence-electron chi connectivity index (χ4n) is 0.986. The van der Waals surface area contributed by atoms with E-state index in [0.29, 0.717) is 13.0 Å². The first kappa shape index (κ1) is 12.9. The van der Waals surface area contributed by atoms with Crippen LogP contribution in [0.4, 0.5) is 0 Å². The van der Waals surface area contributed by atoms with Gasteiger partial charge in [-0.25, -0.2) is 0 Å². The molecule has 0 aromatic rings. The number of nitrogens with one attached hydrogen (secondary N) is 1. The van der Waals surface area contributed by atoms with Crippen LogP contribution in [0.1, 0.15) is 33.1 Å². The number of nitriles is 1. The maximum Gasteiger partial charge on any atom is 0.220 e. The Balaban J connectivity index is 3.43. The molecule has 0 rings (SSSR count). The van der Waals surface area contributed by atoms with Gasteiger partial charge in [0.05, 0.1) is 12.0 Å². The third-order valence-corrected chi connectivity index (χ3v) is 1.89. The van der Waals surface area contributed by atoms with Crippen molar-refractivity contribution in [2.24, 2.45) is 11.7 Å². The summed E-state index contributed by atoms with van der Waals surface area (Å²) in [5.74, 6) is -0.111. The topological polar surface area (TPSA) is 78.9 Å². The smallest absolute Gasteiger partial charge is 0.220 e. The van der Waals surface area contributed by atoms with Gasteiger partial charge in [-0.1, -0.05) is 0 Å². The Labute approximate surface area is 85.5 Å². The molecule has 0 bridgehead atoms. The van der Waals surface area contributed by atoms with Crippen molar-refractivity contribution >= 4 is 5.91 Å². The van der Waals surface area contributed by atoms with Gasteiger partial charge in [0.25, 0.3) is 0 Å². The number of rotatable bonds is 6. The molecule has 0 aromatic carbocycles. The van der Waals surface area contributed by atoms with Gasteiger partial charge in [-0.2, -0.15) is 5.26 Å². The number of amides is 1. The average Bonchev–Trinajstić information content (AvgIpc) is 2.13. The Morgan fingerprint density at radius 2 is 2.21 bits per heavy atom. The summed E-state index contributed by atoms with van der Waals surface area (Å²) in [6.07, 6.45) is 2.17. The predicted octanol–water partition coefficient (Wildman–Crippen LogP) is 0.780. The minimum atomic E-state index is -0.118. The fraction of sp³-hybridized carbons (Fsp3) is 0.800. The second-order valence-corrected chi connectivity index (χ2v) is 3.70. The Kier molecular flexibility index (Phi) is 6.77. The van der Waals surface area contributed by atoms with Crippen molar-refractivity contribution < 1.29 is 4.79 Å². The van der Waals surface area contributed by atoms with Crippen molar-refractivity contribution in [1.29, 1.82) is 5.26 Å². The molecule has 0 aliphatic carbocycles. The van der Waals surface area contributed by atoms with Gasteiger partial charge in [0, 0.05) is 19.0 Å². The first-order chi connectivity index (χ1) is 6.56. The van der Waals surface area contributed by atoms with Gasteiger partial charge in [-0.05, 0) is 26.7 Å². The zero-order valence-corrected chi connectivity index (χ0v) is 8.92. The minimum Gasteiger partial charge on any atom is -0.355 e. The zero-order valence-electron chi connectivity index (χ0n) is 8.92. The Bertz CT molecular complexity index is 208. The third kappa shape index (κ3) is 7.56. The maximum atomic E-state index is 11.2. The Hall–Kier alpha value is -1.08. The van der Waals surface area contributed by atoms with Gasteiger partial charge in [0.2, 0.25) is 5.91 Å². The molecule has 0 fully saturated rings. The van der Waals surface area contributed by atoms with E-state index in [4.69, 9.17) is 11.0 Å². The molecule has 0 aromatic heterocycles. The quantitative estimate of drug-likeness (QED) is 0.660. The van der Waals surface area contributed by atoms with E-state index in [-0.39, 0.29) is 17.9 Å². The van der Waals surface area contributed by atoms with Crippen LogP contribution in [0.15, 0.2) is 0 Å². The van der Waals surface area contributed by atoms with E-state index >= 15 is 0 Å². The van der Waals surface area contributed by atoms with E-state index in [1.54, 1.807) is 6.92 Å². The predicted molar refractivity (Wildman–Crippen MR) is 55.3 cm³/mol. The molecule has 0 spiro atoms. The molecule has 0 radical (unpaired) electrons. The van der Waals surface area contributed by atoms with Crippen LogP contribution in [-0.2, 0) is 4.79 Å². The normalized spacial score (nSPS) is 14.1. The Morgan fingerprint density at radius 1 is 1.57 bits per heavy atom. The summed E-state index contributed by atoms with van der Waals surface area (Å²) in [4.78, 5) is 11.2. The lowest BCUT2D eigenvalue weighted by molar-refractivity contribution is -0.121. The molecule has 0 saturated carbocycles. The van der Waals surface area contributed by atoms with Crippen molar-refractivity contribution in [3.63, 3.8) is 0 Å². The van der Waals surface area contributed by atoms with Gasteiger partial charge < -0.3 is 11.1 Å². The second kappa shape index (κ2) is 7.34. The minimum absolute atomic E-state index is 0.00718. The molecule has 4 heteroatoms. The number of carbonyl (C=O) groups excluding carboxylic acids is 1. The number of hydrogen-bond donors (Lipinski definition) is 2. The van der Waals surface area contributed by atoms with Crippen LogP contribution in [0.25, 0.3) is 0 Å². The lowest BCUT2D eigenvalue weighted by Crippen LogP contribution is -2.27. The molecule has 2 unspecified atom stereocenters. The summed E-state index contributed by atoms with van der Waals surface area (Å²) in [6.45, 7) is 4.14. The summed E-state index contributed by atoms with van der Waals surface area (Å²) >= 11 is 0. The average molecular weight is 197 g/mol. The van der Waals surface area contributed by atoms with Crippen LogP contribution >= 0.6 is 0 Å². The Morgan fingerprint density at radius 3 is 2.71 bits per heavy atom. The molecule has 0 aliphatic rings. The largest absolute Gasteiger partial charge is 0.355 e. The SMILES string of the molecule is CC(N)CCCC(=O)NCC(C)C#N. The van der Waals surface area contributed by atoms with E-state index in [1.807, 2.05) is 6.92 Å². The molecule has 1 amide bonds. The first-order valence-corrected chi connectivity index (χ1v) is 4.98. The summed E-state index contributed by atoms with van der Waals surface area (Å²) in [6, 6.07) is 2.21. The highest BCUT2D eigenvalue weighted by atomic mass is 16.1. The van der Waals surface area contributed by atoms with Crippen molar-refractivity contribution in [2.75, 3.05) is 6.54 Å². The van der Waals surface area contributed by atoms with Crippen molar-refractivity contribution in [2.45, 2.75) is 39.2 Å². The van der Waals surface area contributed by atoms with Crippen molar-refractivity contribution in [1.82, 2.24) is 5.32 Å². The molecule has 3 N–H and O–H groups in total. The van der Waals surface area contributed by atoms with Crippen LogP contribution < -0.4 is 11.1 Å². The molecule has 0 aliphatic heterocycles. The molecule has 2 atom stereocenters. The third-order valence-electron chi connectivity index (χ3n) is 1.89. The van der Waals surface area contributed by atoms with Crippen LogP contribution in [0.3, 0.4) is 0 Å². The molecule has 80 valence electrons. The van der Waals surface area contributed by atoms with Crippen LogP contribution in [0.5, 0.6) is 0 Å². The van der Waals surface area contributed by atoms with Gasteiger partial charge in [-0.15, -0.1) is 0 Å². The first-order valence-electron chi connectivity index (χ1n) is 4.98. The highest BCUT2D eigenvalue weighted by Gasteiger charge is 2.04. The monoisotopic (exact) mass is 197 g/mol. The standard InChI is InChI=1S/C10H19N3O/c1-8(6-11)7-13-10(14)5-3-4-9(2)12/h8-9H,3-5,7,12H2,1-2H3,(H,13,14). The molecule has 4 nitrogen and oxygen atoms in total. The highest BCUT2D eigenvalue weighted by Crippen LogP contribution is 1.98. The van der Waals surface area contributed by atoms with Gasteiger partial charge in [0.15, 0.2) is 0 Å². The van der Waals surface area contributed by atoms with Crippen LogP contribution in [0.2, 0.25) is 0 Å². The van der Waals surface area contributed by atoms with E-state index in [0.717, 1.165) is 12.8 Å². The molecule has 0 heterocycles. The summed E-state index contributed by atoms with van der Waals surface area (Å²) in [5.41, 5.74) is 5.55. The number of hydrogen-bond acceptors (Lipinski definition) is 3. The lowest BCUT2D eigenvalue weighted by Gasteiger charge is -2.07. The molecular formula is C10H19N3O. The summed E-state index contributed by atoms with van der Waals surface area (Å²) < 4.78 is 0. The summed E-state index contributed by atoms with van der Waals surface area (Å²) in [7, 11) is 0.